The molecule has 3 aliphatic rings. The Labute approximate surface area is 403 Å². The fourth-order valence-electron chi connectivity index (χ4n) is 11.3. The Morgan fingerprint density at radius 1 is 0.435 bits per heavy atom. The van der Waals surface area contributed by atoms with Crippen molar-refractivity contribution in [2.45, 2.75) is 44.9 Å². The van der Waals surface area contributed by atoms with Crippen LogP contribution in [0.2, 0.25) is 0 Å². The van der Waals surface area contributed by atoms with E-state index in [0.29, 0.717) is 39.9 Å². The molecule has 0 amide bonds. The lowest BCUT2D eigenvalue weighted by molar-refractivity contribution is 0.404. The van der Waals surface area contributed by atoms with Crippen molar-refractivity contribution in [3.05, 3.63) is 222 Å². The number of benzene rings is 9. The van der Waals surface area contributed by atoms with Crippen LogP contribution in [-0.2, 0) is 10.8 Å². The van der Waals surface area contributed by atoms with Crippen LogP contribution < -0.4 is 19.3 Å². The van der Waals surface area contributed by atoms with E-state index in [0.717, 1.165) is 90.5 Å². The number of hydrogen-bond donors (Lipinski definition) is 0. The summed E-state index contributed by atoms with van der Waals surface area (Å²) in [5, 5.41) is 12.1. The quantitative estimate of drug-likeness (QED) is 0.156. The van der Waals surface area contributed by atoms with E-state index in [1.165, 1.54) is 0 Å². The summed E-state index contributed by atoms with van der Waals surface area (Å²) in [6.07, 6.45) is 0.764. The van der Waals surface area contributed by atoms with Crippen LogP contribution in [0.25, 0.3) is 49.4 Å². The van der Waals surface area contributed by atoms with Gasteiger partial charge in [-0.1, -0.05) is 173 Å². The summed E-state index contributed by atoms with van der Waals surface area (Å²) in [6.45, 7) is 18.2. The van der Waals surface area contributed by atoms with Gasteiger partial charge in [-0.25, -0.2) is 4.85 Å². The van der Waals surface area contributed by atoms with Crippen molar-refractivity contribution < 1.29 is 9.47 Å². The van der Waals surface area contributed by atoms with Crippen LogP contribution in [0.1, 0.15) is 50.8 Å². The van der Waals surface area contributed by atoms with Gasteiger partial charge in [-0.15, -0.1) is 0 Å². The van der Waals surface area contributed by atoms with Gasteiger partial charge >= 0.3 is 0 Å². The molecular formula is C63H46N4O2. The van der Waals surface area contributed by atoms with Crippen LogP contribution in [0.15, 0.2) is 194 Å². The van der Waals surface area contributed by atoms with Crippen molar-refractivity contribution in [1.29, 1.82) is 5.26 Å². The summed E-state index contributed by atoms with van der Waals surface area (Å²) in [5.41, 5.74) is 14.5. The van der Waals surface area contributed by atoms with Crippen LogP contribution in [0.5, 0.6) is 23.0 Å². The average molecular weight is 891 g/mol. The summed E-state index contributed by atoms with van der Waals surface area (Å²) in [5.74, 6) is 2.59. The molecule has 0 fully saturated rings. The molecule has 330 valence electrons. The average Bonchev–Trinajstić information content (AvgIpc) is 3.59. The standard InChI is InChI=1S/C63H46N4O2/c1-62(2)39-63(3,4)58-57(62)59(65-5)61(67-51-32-28-46(42-22-14-8-15-23-42)36-55(51)69-56-37-47(29-33-52(56)67)43-24-16-9-17-25-43)48(38-64)60(58)66-49-30-26-44(40-18-10-6-11-19-40)34-53(49)68-54-35-45(27-31-50(54)66)41-20-12-7-13-21-41/h6-37H,39H2,1-4H3. The first kappa shape index (κ1) is 41.6. The van der Waals surface area contributed by atoms with Crippen LogP contribution in [0, 0.1) is 17.9 Å². The van der Waals surface area contributed by atoms with Gasteiger partial charge in [0.05, 0.1) is 46.3 Å². The molecule has 9 aromatic carbocycles. The van der Waals surface area contributed by atoms with Crippen LogP contribution >= 0.6 is 0 Å². The molecule has 0 spiro atoms. The second-order valence-electron chi connectivity index (χ2n) is 19.4. The highest BCUT2D eigenvalue weighted by molar-refractivity contribution is 6.04. The SMILES string of the molecule is [C-]#[N+]c1c(N2c3ccc(-c4ccccc4)cc3Oc3cc(-c4ccccc4)ccc32)c(C#N)c(N2c3ccc(-c4ccccc4)cc3Oc3cc(-c4ccccc4)ccc32)c2c1C(C)(C)CC2(C)C. The minimum Gasteiger partial charge on any atom is -0.453 e. The summed E-state index contributed by atoms with van der Waals surface area (Å²) >= 11 is 0. The smallest absolute Gasteiger partial charge is 0.216 e. The third kappa shape index (κ3) is 6.75. The van der Waals surface area contributed by atoms with Crippen molar-refractivity contribution >= 4 is 39.8 Å². The summed E-state index contributed by atoms with van der Waals surface area (Å²) in [7, 11) is 0. The Morgan fingerprint density at radius 3 is 1.07 bits per heavy atom. The largest absolute Gasteiger partial charge is 0.453 e. The van der Waals surface area contributed by atoms with E-state index in [1.54, 1.807) is 0 Å². The van der Waals surface area contributed by atoms with Gasteiger partial charge in [0.1, 0.15) is 6.07 Å². The van der Waals surface area contributed by atoms with E-state index in [4.69, 9.17) is 9.47 Å². The number of nitriles is 1. The molecule has 0 bridgehead atoms. The molecule has 1 aliphatic carbocycles. The number of anilines is 6. The van der Waals surface area contributed by atoms with E-state index < -0.39 is 10.8 Å². The molecule has 0 radical (unpaired) electrons. The molecule has 0 atom stereocenters. The van der Waals surface area contributed by atoms with Crippen LogP contribution in [-0.4, -0.2) is 0 Å². The predicted molar refractivity (Wildman–Crippen MR) is 279 cm³/mol. The molecule has 0 saturated heterocycles. The fraction of sp³-hybridized carbons (Fsp3) is 0.111. The first-order valence-electron chi connectivity index (χ1n) is 23.4. The maximum atomic E-state index is 12.1. The minimum atomic E-state index is -0.450. The first-order valence-corrected chi connectivity index (χ1v) is 23.4. The third-order valence-corrected chi connectivity index (χ3v) is 14.0. The zero-order chi connectivity index (χ0) is 47.0. The van der Waals surface area contributed by atoms with Gasteiger partial charge in [-0.05, 0) is 121 Å². The zero-order valence-electron chi connectivity index (χ0n) is 38.8. The van der Waals surface area contributed by atoms with E-state index in [-0.39, 0.29) is 0 Å². The number of fused-ring (bicyclic) bond motifs is 5. The first-order chi connectivity index (χ1) is 33.6. The highest BCUT2D eigenvalue weighted by atomic mass is 16.5. The number of hydrogen-bond acceptors (Lipinski definition) is 5. The molecule has 9 aromatic rings. The molecule has 0 saturated carbocycles. The molecule has 0 N–H and O–H groups in total. The van der Waals surface area contributed by atoms with Crippen LogP contribution in [0.3, 0.4) is 0 Å². The topological polar surface area (TPSA) is 53.1 Å². The monoisotopic (exact) mass is 890 g/mol. The van der Waals surface area contributed by atoms with Gasteiger partial charge < -0.3 is 19.3 Å². The highest BCUT2D eigenvalue weighted by Gasteiger charge is 2.50. The lowest BCUT2D eigenvalue weighted by Gasteiger charge is -2.40. The van der Waals surface area contributed by atoms with E-state index >= 15 is 0 Å². The van der Waals surface area contributed by atoms with Gasteiger partial charge in [0, 0.05) is 0 Å². The third-order valence-electron chi connectivity index (χ3n) is 14.0. The van der Waals surface area contributed by atoms with Crippen molar-refractivity contribution in [3.63, 3.8) is 0 Å². The van der Waals surface area contributed by atoms with Crippen molar-refractivity contribution in [1.82, 2.24) is 0 Å². The van der Waals surface area contributed by atoms with Gasteiger partial charge in [0.15, 0.2) is 23.0 Å². The zero-order valence-corrected chi connectivity index (χ0v) is 38.8. The van der Waals surface area contributed by atoms with E-state index in [2.05, 4.69) is 170 Å². The molecule has 12 rings (SSSR count). The Kier molecular flexibility index (Phi) is 9.59. The molecule has 69 heavy (non-hydrogen) atoms. The molecule has 6 heteroatoms. The van der Waals surface area contributed by atoms with Gasteiger partial charge in [0.2, 0.25) is 5.69 Å². The van der Waals surface area contributed by atoms with Crippen molar-refractivity contribution in [3.8, 4) is 73.6 Å². The normalized spacial score (nSPS) is 14.4. The lowest BCUT2D eigenvalue weighted by atomic mass is 9.81. The van der Waals surface area contributed by atoms with Crippen molar-refractivity contribution in [2.75, 3.05) is 9.80 Å². The fourth-order valence-corrected chi connectivity index (χ4v) is 11.3. The Balaban J connectivity index is 1.17. The molecule has 0 aromatic heterocycles. The second-order valence-corrected chi connectivity index (χ2v) is 19.4. The highest BCUT2D eigenvalue weighted by Crippen LogP contribution is 2.66. The summed E-state index contributed by atoms with van der Waals surface area (Å²) < 4.78 is 14.0. The molecule has 6 nitrogen and oxygen atoms in total. The van der Waals surface area contributed by atoms with Crippen molar-refractivity contribution in [2.24, 2.45) is 0 Å². The second kappa shape index (κ2) is 15.9. The molecule has 2 heterocycles. The van der Waals surface area contributed by atoms with Crippen LogP contribution in [0.4, 0.5) is 39.8 Å². The molecule has 0 unspecified atom stereocenters. The molecular weight excluding hydrogens is 845 g/mol. The van der Waals surface area contributed by atoms with Gasteiger partial charge in [-0.3, -0.25) is 0 Å². The lowest BCUT2D eigenvalue weighted by Crippen LogP contribution is -2.25. The number of ether oxygens (including phenoxy) is 2. The summed E-state index contributed by atoms with van der Waals surface area (Å²) in [4.78, 5) is 8.87. The summed E-state index contributed by atoms with van der Waals surface area (Å²) in [6, 6.07) is 69.2. The minimum absolute atomic E-state index is 0.390. The van der Waals surface area contributed by atoms with E-state index in [9.17, 15) is 11.8 Å². The van der Waals surface area contributed by atoms with Gasteiger partial charge in [0.25, 0.3) is 0 Å². The van der Waals surface area contributed by atoms with E-state index in [1.807, 2.05) is 72.8 Å². The maximum Gasteiger partial charge on any atom is 0.216 e. The van der Waals surface area contributed by atoms with Gasteiger partial charge in [-0.2, -0.15) is 5.26 Å². The maximum absolute atomic E-state index is 12.1. The Hall–Kier alpha value is -8.84. The Bertz CT molecular complexity index is 3430. The molecule has 2 aliphatic heterocycles. The number of rotatable bonds is 6. The predicted octanol–water partition coefficient (Wildman–Crippen LogP) is 17.9. The number of nitrogens with zero attached hydrogens (tertiary/aromatic N) is 4. The Morgan fingerprint density at radius 2 is 0.754 bits per heavy atom.